The third-order valence-electron chi connectivity index (χ3n) is 3.24. The normalized spacial score (nSPS) is 10.9. The van der Waals surface area contributed by atoms with E-state index >= 15 is 0 Å². The van der Waals surface area contributed by atoms with E-state index in [4.69, 9.17) is 9.84 Å². The maximum Gasteiger partial charge on any atom is 0.165 e. The second kappa shape index (κ2) is 7.04. The minimum absolute atomic E-state index is 0.168. The molecule has 0 aliphatic rings. The van der Waals surface area contributed by atoms with E-state index in [0.717, 1.165) is 28.8 Å². The summed E-state index contributed by atoms with van der Waals surface area (Å²) in [7, 11) is 0. The van der Waals surface area contributed by atoms with Gasteiger partial charge in [0.25, 0.3) is 0 Å². The van der Waals surface area contributed by atoms with Crippen molar-refractivity contribution in [2.45, 2.75) is 40.0 Å². The van der Waals surface area contributed by atoms with Crippen molar-refractivity contribution in [1.82, 2.24) is 9.78 Å². The highest BCUT2D eigenvalue weighted by molar-refractivity contribution is 9.10. The standard InChI is InChI=1S/C15H18BrFN2O2/c1-3-12-15(16)13(19(4-2)18-12)9-21-14-6-5-10(8-20)7-11(14)17/h5-7,20H,3-4,8-9H2,1-2H3. The molecule has 1 heterocycles. The number of hydrogen-bond donors (Lipinski definition) is 1. The zero-order valence-corrected chi connectivity index (χ0v) is 13.7. The van der Waals surface area contributed by atoms with E-state index in [2.05, 4.69) is 21.0 Å². The topological polar surface area (TPSA) is 47.3 Å². The van der Waals surface area contributed by atoms with Gasteiger partial charge < -0.3 is 9.84 Å². The van der Waals surface area contributed by atoms with Gasteiger partial charge in [-0.05, 0) is 47.0 Å². The Hall–Kier alpha value is -1.40. The molecule has 114 valence electrons. The molecule has 0 unspecified atom stereocenters. The molecule has 0 bridgehead atoms. The molecule has 0 aliphatic heterocycles. The van der Waals surface area contributed by atoms with Crippen LogP contribution in [-0.4, -0.2) is 14.9 Å². The van der Waals surface area contributed by atoms with E-state index in [-0.39, 0.29) is 19.0 Å². The van der Waals surface area contributed by atoms with E-state index in [1.807, 2.05) is 18.5 Å². The lowest BCUT2D eigenvalue weighted by atomic mass is 10.2. The summed E-state index contributed by atoms with van der Waals surface area (Å²) in [6.45, 7) is 4.80. The summed E-state index contributed by atoms with van der Waals surface area (Å²) in [6.07, 6.45) is 0.820. The highest BCUT2D eigenvalue weighted by Gasteiger charge is 2.15. The first-order valence-corrected chi connectivity index (χ1v) is 7.66. The van der Waals surface area contributed by atoms with Crippen molar-refractivity contribution in [3.63, 3.8) is 0 Å². The van der Waals surface area contributed by atoms with E-state index in [1.54, 1.807) is 6.07 Å². The molecule has 0 radical (unpaired) electrons. The Balaban J connectivity index is 2.18. The van der Waals surface area contributed by atoms with Crippen LogP contribution in [0.25, 0.3) is 0 Å². The Labute approximate surface area is 131 Å². The van der Waals surface area contributed by atoms with Crippen molar-refractivity contribution < 1.29 is 14.2 Å². The number of aryl methyl sites for hydroxylation is 2. The third kappa shape index (κ3) is 3.44. The number of nitrogens with zero attached hydrogens (tertiary/aromatic N) is 2. The largest absolute Gasteiger partial charge is 0.484 e. The van der Waals surface area contributed by atoms with Crippen molar-refractivity contribution in [3.05, 3.63) is 45.4 Å². The van der Waals surface area contributed by atoms with Crippen LogP contribution >= 0.6 is 15.9 Å². The fraction of sp³-hybridized carbons (Fsp3) is 0.400. The minimum atomic E-state index is -0.476. The predicted octanol–water partition coefficient (Wildman–Crippen LogP) is 3.44. The molecular weight excluding hydrogens is 339 g/mol. The number of benzene rings is 1. The Kier molecular flexibility index (Phi) is 5.36. The van der Waals surface area contributed by atoms with E-state index in [9.17, 15) is 4.39 Å². The Morgan fingerprint density at radius 2 is 2.14 bits per heavy atom. The van der Waals surface area contributed by atoms with Crippen molar-refractivity contribution in [1.29, 1.82) is 0 Å². The van der Waals surface area contributed by atoms with Crippen LogP contribution in [0.5, 0.6) is 5.75 Å². The quantitative estimate of drug-likeness (QED) is 0.862. The molecule has 2 rings (SSSR count). The second-order valence-corrected chi connectivity index (χ2v) is 5.38. The van der Waals surface area contributed by atoms with Gasteiger partial charge in [-0.1, -0.05) is 13.0 Å². The summed E-state index contributed by atoms with van der Waals surface area (Å²) in [5.74, 6) is -0.308. The van der Waals surface area contributed by atoms with Crippen LogP contribution in [0.1, 0.15) is 30.8 Å². The number of ether oxygens (including phenoxy) is 1. The summed E-state index contributed by atoms with van der Waals surface area (Å²) in [5.41, 5.74) is 2.37. The highest BCUT2D eigenvalue weighted by atomic mass is 79.9. The predicted molar refractivity (Wildman–Crippen MR) is 81.6 cm³/mol. The summed E-state index contributed by atoms with van der Waals surface area (Å²) >= 11 is 3.53. The van der Waals surface area contributed by atoms with Crippen molar-refractivity contribution in [2.24, 2.45) is 0 Å². The fourth-order valence-corrected chi connectivity index (χ4v) is 2.74. The van der Waals surface area contributed by atoms with Crippen LogP contribution < -0.4 is 4.74 Å². The number of rotatable bonds is 6. The lowest BCUT2D eigenvalue weighted by Crippen LogP contribution is -2.07. The molecule has 1 N–H and O–H groups in total. The summed E-state index contributed by atoms with van der Waals surface area (Å²) in [6, 6.07) is 4.45. The minimum Gasteiger partial charge on any atom is -0.484 e. The molecule has 0 aliphatic carbocycles. The van der Waals surface area contributed by atoms with Gasteiger partial charge in [-0.25, -0.2) is 4.39 Å². The maximum atomic E-state index is 13.8. The molecule has 0 amide bonds. The molecule has 0 saturated carbocycles. The van der Waals surface area contributed by atoms with Crippen LogP contribution in [0.3, 0.4) is 0 Å². The number of halogens is 2. The Bertz CT molecular complexity index is 628. The smallest absolute Gasteiger partial charge is 0.165 e. The number of aliphatic hydroxyl groups excluding tert-OH is 1. The van der Waals surface area contributed by atoms with E-state index < -0.39 is 5.82 Å². The van der Waals surface area contributed by atoms with Crippen molar-refractivity contribution in [2.75, 3.05) is 0 Å². The molecule has 1 aromatic heterocycles. The zero-order chi connectivity index (χ0) is 15.4. The lowest BCUT2D eigenvalue weighted by molar-refractivity contribution is 0.271. The second-order valence-electron chi connectivity index (χ2n) is 4.59. The molecule has 0 saturated heterocycles. The van der Waals surface area contributed by atoms with Gasteiger partial charge in [0.05, 0.1) is 22.5 Å². The van der Waals surface area contributed by atoms with Gasteiger partial charge in [0.1, 0.15) is 6.61 Å². The summed E-state index contributed by atoms with van der Waals surface area (Å²) < 4.78 is 22.1. The first-order valence-electron chi connectivity index (χ1n) is 6.86. The molecule has 6 heteroatoms. The van der Waals surface area contributed by atoms with Crippen LogP contribution in [-0.2, 0) is 26.2 Å². The molecule has 21 heavy (non-hydrogen) atoms. The van der Waals surface area contributed by atoms with Crippen LogP contribution in [0.15, 0.2) is 22.7 Å². The fourth-order valence-electron chi connectivity index (χ4n) is 2.06. The number of aromatic nitrogens is 2. The Morgan fingerprint density at radius 3 is 2.71 bits per heavy atom. The van der Waals surface area contributed by atoms with Crippen molar-refractivity contribution in [3.8, 4) is 5.75 Å². The average Bonchev–Trinajstić information content (AvgIpc) is 2.81. The molecular formula is C15H18BrFN2O2. The average molecular weight is 357 g/mol. The molecule has 4 nitrogen and oxygen atoms in total. The van der Waals surface area contributed by atoms with E-state index in [0.29, 0.717) is 5.56 Å². The molecule has 1 aromatic carbocycles. The van der Waals surface area contributed by atoms with Crippen molar-refractivity contribution >= 4 is 15.9 Å². The van der Waals surface area contributed by atoms with Gasteiger partial charge >= 0.3 is 0 Å². The Morgan fingerprint density at radius 1 is 1.38 bits per heavy atom. The molecule has 0 atom stereocenters. The van der Waals surface area contributed by atoms with Gasteiger partial charge in [0.2, 0.25) is 0 Å². The third-order valence-corrected chi connectivity index (χ3v) is 4.15. The van der Waals surface area contributed by atoms with Crippen LogP contribution in [0.2, 0.25) is 0 Å². The van der Waals surface area contributed by atoms with Gasteiger partial charge in [0.15, 0.2) is 11.6 Å². The van der Waals surface area contributed by atoms with Crippen LogP contribution in [0, 0.1) is 5.82 Å². The maximum absolute atomic E-state index is 13.8. The summed E-state index contributed by atoms with van der Waals surface area (Å²) in [5, 5.41) is 13.4. The first-order chi connectivity index (χ1) is 10.1. The molecule has 2 aromatic rings. The first kappa shape index (κ1) is 16.0. The van der Waals surface area contributed by atoms with Crippen LogP contribution in [0.4, 0.5) is 4.39 Å². The van der Waals surface area contributed by atoms with E-state index in [1.165, 1.54) is 12.1 Å². The number of hydrogen-bond acceptors (Lipinski definition) is 3. The molecule has 0 spiro atoms. The zero-order valence-electron chi connectivity index (χ0n) is 12.1. The molecule has 0 fully saturated rings. The van der Waals surface area contributed by atoms with Gasteiger partial charge in [-0.2, -0.15) is 5.10 Å². The van der Waals surface area contributed by atoms with Gasteiger partial charge in [-0.3, -0.25) is 4.68 Å². The number of aliphatic hydroxyl groups is 1. The highest BCUT2D eigenvalue weighted by Crippen LogP contribution is 2.25. The van der Waals surface area contributed by atoms with Gasteiger partial charge in [0, 0.05) is 6.54 Å². The SMILES string of the molecule is CCc1nn(CC)c(COc2ccc(CO)cc2F)c1Br. The summed E-state index contributed by atoms with van der Waals surface area (Å²) in [4.78, 5) is 0. The monoisotopic (exact) mass is 356 g/mol. The lowest BCUT2D eigenvalue weighted by Gasteiger charge is -2.10. The van der Waals surface area contributed by atoms with Gasteiger partial charge in [-0.15, -0.1) is 0 Å².